The van der Waals surface area contributed by atoms with E-state index in [4.69, 9.17) is 0 Å². The summed E-state index contributed by atoms with van der Waals surface area (Å²) in [4.78, 5) is 1.44. The fourth-order valence-electron chi connectivity index (χ4n) is 0.950. The Labute approximate surface area is 112 Å². The lowest BCUT2D eigenvalue weighted by molar-refractivity contribution is 1.34. The van der Waals surface area contributed by atoms with Gasteiger partial charge in [0.25, 0.3) is 0 Å². The SMILES string of the molecule is C=CCc1sc2sccsc=2sc1I. The number of rotatable bonds is 2. The van der Waals surface area contributed by atoms with E-state index in [1.54, 1.807) is 0 Å². The van der Waals surface area contributed by atoms with E-state index in [-0.39, 0.29) is 0 Å². The van der Waals surface area contributed by atoms with Gasteiger partial charge in [0.1, 0.15) is 7.69 Å². The van der Waals surface area contributed by atoms with Crippen LogP contribution in [0.15, 0.2) is 23.4 Å². The monoisotopic (exact) mass is 370 g/mol. The second-order valence-electron chi connectivity index (χ2n) is 2.48. The van der Waals surface area contributed by atoms with E-state index in [9.17, 15) is 0 Å². The minimum atomic E-state index is 0.988. The Morgan fingerprint density at radius 3 is 2.50 bits per heavy atom. The van der Waals surface area contributed by atoms with E-state index in [1.807, 2.05) is 51.4 Å². The smallest absolute Gasteiger partial charge is 0.108 e. The van der Waals surface area contributed by atoms with Crippen molar-refractivity contribution in [1.29, 1.82) is 0 Å². The third kappa shape index (κ3) is 2.38. The molecule has 0 aliphatic carbocycles. The highest BCUT2D eigenvalue weighted by Gasteiger charge is 2.01. The van der Waals surface area contributed by atoms with Gasteiger partial charge in [-0.05, 0) is 22.6 Å². The quantitative estimate of drug-likeness (QED) is 0.509. The number of hydrogen-bond donors (Lipinski definition) is 0. The van der Waals surface area contributed by atoms with Crippen molar-refractivity contribution in [3.63, 3.8) is 0 Å². The predicted molar refractivity (Wildman–Crippen MR) is 77.5 cm³/mol. The summed E-state index contributed by atoms with van der Waals surface area (Å²) >= 11 is 9.86. The second kappa shape index (κ2) is 5.07. The molecule has 0 atom stereocenters. The van der Waals surface area contributed by atoms with Gasteiger partial charge in [-0.15, -0.1) is 51.9 Å². The van der Waals surface area contributed by atoms with Gasteiger partial charge in [-0.2, -0.15) is 0 Å². The molecule has 74 valence electrons. The van der Waals surface area contributed by atoms with Crippen LogP contribution < -0.4 is 0 Å². The molecule has 0 fully saturated rings. The fourth-order valence-corrected chi connectivity index (χ4v) is 7.12. The predicted octanol–water partition coefficient (Wildman–Crippen LogP) is 5.11. The molecule has 0 aromatic rings. The molecule has 14 heavy (non-hydrogen) atoms. The molecule has 2 aliphatic heterocycles. The fraction of sp³-hybridized carbons (Fsp3) is 0.111. The van der Waals surface area contributed by atoms with Crippen LogP contribution in [0.25, 0.3) is 0 Å². The number of halogens is 1. The summed E-state index contributed by atoms with van der Waals surface area (Å²) in [5.41, 5.74) is 0. The van der Waals surface area contributed by atoms with Crippen LogP contribution in [0.5, 0.6) is 0 Å². The Morgan fingerprint density at radius 1 is 1.21 bits per heavy atom. The van der Waals surface area contributed by atoms with Gasteiger partial charge in [0.2, 0.25) is 0 Å². The van der Waals surface area contributed by atoms with E-state index in [0.29, 0.717) is 0 Å². The zero-order valence-corrected chi connectivity index (χ0v) is 12.6. The van der Waals surface area contributed by atoms with Crippen LogP contribution in [-0.4, -0.2) is 0 Å². The van der Waals surface area contributed by atoms with Crippen LogP contribution in [-0.2, 0) is 6.42 Å². The van der Waals surface area contributed by atoms with E-state index in [0.717, 1.165) is 6.42 Å². The summed E-state index contributed by atoms with van der Waals surface area (Å²) in [6.45, 7) is 3.79. The third-order valence-electron chi connectivity index (χ3n) is 1.52. The maximum Gasteiger partial charge on any atom is 0.108 e. The molecule has 0 radical (unpaired) electrons. The summed E-state index contributed by atoms with van der Waals surface area (Å²) in [7, 11) is 0. The first-order valence-corrected chi connectivity index (χ1v) is 8.36. The zero-order valence-electron chi connectivity index (χ0n) is 7.16. The van der Waals surface area contributed by atoms with Crippen molar-refractivity contribution in [1.82, 2.24) is 0 Å². The minimum absolute atomic E-state index is 0.988. The average molecular weight is 370 g/mol. The van der Waals surface area contributed by atoms with E-state index in [2.05, 4.69) is 39.9 Å². The molecule has 0 unspecified atom stereocenters. The van der Waals surface area contributed by atoms with Crippen molar-refractivity contribution in [2.24, 2.45) is 0 Å². The Kier molecular flexibility index (Phi) is 4.01. The molecule has 0 aromatic carbocycles. The molecule has 0 amide bonds. The van der Waals surface area contributed by atoms with Crippen LogP contribution in [0.2, 0.25) is 0 Å². The molecule has 5 heteroatoms. The van der Waals surface area contributed by atoms with Gasteiger partial charge < -0.3 is 0 Å². The lowest BCUT2D eigenvalue weighted by Gasteiger charge is -1.99. The van der Waals surface area contributed by atoms with Crippen molar-refractivity contribution in [3.05, 3.63) is 38.9 Å². The number of hydrogen-bond acceptors (Lipinski definition) is 4. The molecule has 0 saturated carbocycles. The Balaban J connectivity index is 2.72. The molecule has 2 aliphatic rings. The van der Waals surface area contributed by atoms with Gasteiger partial charge in [0, 0.05) is 22.1 Å². The Hall–Kier alpha value is 0.570. The van der Waals surface area contributed by atoms with Crippen molar-refractivity contribution >= 4 is 67.9 Å². The first kappa shape index (κ1) is 11.1. The van der Waals surface area contributed by atoms with Crippen LogP contribution in [0.4, 0.5) is 0 Å². The van der Waals surface area contributed by atoms with Crippen LogP contribution >= 0.6 is 67.9 Å². The average Bonchev–Trinajstić information content (AvgIpc) is 2.19. The molecule has 2 heterocycles. The van der Waals surface area contributed by atoms with Crippen LogP contribution in [0, 0.1) is 10.6 Å². The number of allylic oxidation sites excluding steroid dienone is 1. The molecule has 0 saturated heterocycles. The largest absolute Gasteiger partial charge is 0.130 e. The summed E-state index contributed by atoms with van der Waals surface area (Å²) in [5, 5.41) is 4.31. The zero-order chi connectivity index (χ0) is 9.97. The van der Waals surface area contributed by atoms with Gasteiger partial charge >= 0.3 is 0 Å². The van der Waals surface area contributed by atoms with Gasteiger partial charge in [-0.3, -0.25) is 0 Å². The van der Waals surface area contributed by atoms with E-state index in [1.165, 1.54) is 15.5 Å². The molecular weight excluding hydrogens is 363 g/mol. The Bertz CT molecular complexity index is 525. The third-order valence-corrected chi connectivity index (χ3v) is 8.30. The van der Waals surface area contributed by atoms with Gasteiger partial charge in [-0.1, -0.05) is 6.08 Å². The van der Waals surface area contributed by atoms with Crippen molar-refractivity contribution < 1.29 is 0 Å². The molecular formula is C9H7IS4. The molecule has 0 spiro atoms. The highest BCUT2D eigenvalue weighted by molar-refractivity contribution is 14.1. The van der Waals surface area contributed by atoms with Crippen molar-refractivity contribution in [2.45, 2.75) is 6.42 Å². The molecule has 0 bridgehead atoms. The van der Waals surface area contributed by atoms with E-state index >= 15 is 0 Å². The summed E-state index contributed by atoms with van der Waals surface area (Å²) in [6.07, 6.45) is 2.96. The van der Waals surface area contributed by atoms with Crippen LogP contribution in [0.3, 0.4) is 0 Å². The molecule has 0 nitrogen and oxygen atoms in total. The first-order chi connectivity index (χ1) is 6.81. The highest BCUT2D eigenvalue weighted by Crippen LogP contribution is 2.28. The summed E-state index contributed by atoms with van der Waals surface area (Å²) < 4.78 is 4.26. The van der Waals surface area contributed by atoms with Gasteiger partial charge in [0.05, 0.1) is 2.88 Å². The molecule has 0 N–H and O–H groups in total. The first-order valence-electron chi connectivity index (χ1n) is 3.89. The maximum absolute atomic E-state index is 3.79. The minimum Gasteiger partial charge on any atom is -0.130 e. The van der Waals surface area contributed by atoms with Crippen molar-refractivity contribution in [3.8, 4) is 0 Å². The second-order valence-corrected chi connectivity index (χ2v) is 8.76. The highest BCUT2D eigenvalue weighted by atomic mass is 127. The lowest BCUT2D eigenvalue weighted by atomic mass is 10.4. The lowest BCUT2D eigenvalue weighted by Crippen LogP contribution is -1.80. The Morgan fingerprint density at radius 2 is 1.86 bits per heavy atom. The summed E-state index contributed by atoms with van der Waals surface area (Å²) in [5.74, 6) is 0. The molecule has 0 aromatic heterocycles. The van der Waals surface area contributed by atoms with Gasteiger partial charge in [0.15, 0.2) is 0 Å². The maximum atomic E-state index is 3.79. The topological polar surface area (TPSA) is 0 Å². The standard InChI is InChI=1S/C9H7IS4/c1-2-3-6-7(10)14-9-8(13-6)11-4-5-12-9/h2,4-5H,1,3H2. The van der Waals surface area contributed by atoms with Crippen LogP contribution in [0.1, 0.15) is 4.88 Å². The summed E-state index contributed by atoms with van der Waals surface area (Å²) in [6, 6.07) is 0. The van der Waals surface area contributed by atoms with Gasteiger partial charge in [-0.25, -0.2) is 0 Å². The van der Waals surface area contributed by atoms with Crippen molar-refractivity contribution in [2.75, 3.05) is 0 Å². The van der Waals surface area contributed by atoms with E-state index < -0.39 is 0 Å². The normalized spacial score (nSPS) is 10.4. The molecule has 2 rings (SSSR count).